The van der Waals surface area contributed by atoms with Crippen LogP contribution in [-0.4, -0.2) is 54.0 Å². The minimum atomic E-state index is 0.0824. The largest absolute Gasteiger partial charge is 0.379 e. The number of halogens is 1. The van der Waals surface area contributed by atoms with Crippen molar-refractivity contribution in [1.29, 1.82) is 0 Å². The van der Waals surface area contributed by atoms with Gasteiger partial charge in [0.1, 0.15) is 0 Å². The minimum Gasteiger partial charge on any atom is -0.379 e. The van der Waals surface area contributed by atoms with Crippen LogP contribution in [0.5, 0.6) is 0 Å². The molecule has 1 aliphatic rings. The second-order valence-electron chi connectivity index (χ2n) is 5.38. The number of carbonyl (C=O) groups is 1. The first-order valence-corrected chi connectivity index (χ1v) is 7.20. The average molecular weight is 297 g/mol. The smallest absolute Gasteiger partial charge is 0.319 e. The van der Waals surface area contributed by atoms with E-state index < -0.39 is 0 Å². The Hall–Kier alpha value is -1.49. The number of aromatic nitrogens is 1. The van der Waals surface area contributed by atoms with Crippen molar-refractivity contribution in [2.75, 3.05) is 32.5 Å². The number of piperidine rings is 1. The fraction of sp³-hybridized carbons (Fsp3) is 0.571. The summed E-state index contributed by atoms with van der Waals surface area (Å²) in [7, 11) is 3.57. The lowest BCUT2D eigenvalue weighted by Gasteiger charge is -2.34. The first-order chi connectivity index (χ1) is 9.49. The van der Waals surface area contributed by atoms with E-state index in [4.69, 9.17) is 11.6 Å². The van der Waals surface area contributed by atoms with E-state index in [2.05, 4.69) is 10.3 Å². The predicted octanol–water partition coefficient (Wildman–Crippen LogP) is 2.60. The molecule has 1 aromatic heterocycles. The number of amides is 2. The van der Waals surface area contributed by atoms with Crippen LogP contribution in [0.25, 0.3) is 0 Å². The summed E-state index contributed by atoms with van der Waals surface area (Å²) in [6.45, 7) is 3.55. The van der Waals surface area contributed by atoms with Gasteiger partial charge in [-0.3, -0.25) is 0 Å². The van der Waals surface area contributed by atoms with Gasteiger partial charge in [-0.05, 0) is 31.4 Å². The molecule has 110 valence electrons. The van der Waals surface area contributed by atoms with E-state index in [0.717, 1.165) is 37.2 Å². The van der Waals surface area contributed by atoms with Gasteiger partial charge in [-0.1, -0.05) is 11.6 Å². The molecule has 0 spiro atoms. The van der Waals surface area contributed by atoms with Crippen molar-refractivity contribution in [3.8, 4) is 0 Å². The van der Waals surface area contributed by atoms with Crippen molar-refractivity contribution in [2.24, 2.45) is 0 Å². The van der Waals surface area contributed by atoms with Crippen molar-refractivity contribution < 1.29 is 4.79 Å². The van der Waals surface area contributed by atoms with Crippen molar-refractivity contribution in [2.45, 2.75) is 25.8 Å². The third-order valence-electron chi connectivity index (χ3n) is 3.61. The van der Waals surface area contributed by atoms with Gasteiger partial charge in [0.15, 0.2) is 5.15 Å². The van der Waals surface area contributed by atoms with Gasteiger partial charge < -0.3 is 15.1 Å². The Balaban J connectivity index is 1.93. The number of urea groups is 1. The Morgan fingerprint density at radius 3 is 2.65 bits per heavy atom. The van der Waals surface area contributed by atoms with E-state index in [0.29, 0.717) is 11.2 Å². The Morgan fingerprint density at radius 2 is 2.10 bits per heavy atom. The number of nitrogens with zero attached hydrogens (tertiary/aromatic N) is 3. The standard InChI is InChI=1S/C14H21ClN4O/c1-10-4-7-16-13(15)12(10)17-11-5-8-19(9-6-11)14(20)18(2)3/h4,7,11,17H,5-6,8-9H2,1-3H3. The molecule has 1 aromatic rings. The molecule has 1 saturated heterocycles. The third-order valence-corrected chi connectivity index (χ3v) is 3.90. The number of nitrogens with one attached hydrogen (secondary N) is 1. The molecule has 2 heterocycles. The molecule has 6 heteroatoms. The van der Waals surface area contributed by atoms with Crippen molar-refractivity contribution in [3.63, 3.8) is 0 Å². The van der Waals surface area contributed by atoms with E-state index >= 15 is 0 Å². The molecule has 0 atom stereocenters. The maximum Gasteiger partial charge on any atom is 0.319 e. The van der Waals surface area contributed by atoms with Crippen LogP contribution in [-0.2, 0) is 0 Å². The Bertz CT molecular complexity index is 464. The molecular formula is C14H21ClN4O. The molecule has 0 saturated carbocycles. The van der Waals surface area contributed by atoms with Crippen molar-refractivity contribution in [3.05, 3.63) is 23.0 Å². The highest BCUT2D eigenvalue weighted by molar-refractivity contribution is 6.32. The molecular weight excluding hydrogens is 276 g/mol. The van der Waals surface area contributed by atoms with Gasteiger partial charge in [-0.15, -0.1) is 0 Å². The highest BCUT2D eigenvalue weighted by atomic mass is 35.5. The number of hydrogen-bond donors (Lipinski definition) is 1. The van der Waals surface area contributed by atoms with Gasteiger partial charge in [0.2, 0.25) is 0 Å². The number of pyridine rings is 1. The van der Waals surface area contributed by atoms with Crippen LogP contribution in [0.15, 0.2) is 12.3 Å². The first-order valence-electron chi connectivity index (χ1n) is 6.83. The SMILES string of the molecule is Cc1ccnc(Cl)c1NC1CCN(C(=O)N(C)C)CC1. The number of carbonyl (C=O) groups excluding carboxylic acids is 1. The highest BCUT2D eigenvalue weighted by Crippen LogP contribution is 2.26. The fourth-order valence-corrected chi connectivity index (χ4v) is 2.66. The summed E-state index contributed by atoms with van der Waals surface area (Å²) < 4.78 is 0. The molecule has 0 unspecified atom stereocenters. The van der Waals surface area contributed by atoms with Gasteiger partial charge in [-0.2, -0.15) is 0 Å². The van der Waals surface area contributed by atoms with Crippen LogP contribution in [0.1, 0.15) is 18.4 Å². The summed E-state index contributed by atoms with van der Waals surface area (Å²) in [5, 5.41) is 3.97. The second-order valence-corrected chi connectivity index (χ2v) is 5.73. The van der Waals surface area contributed by atoms with Crippen molar-refractivity contribution in [1.82, 2.24) is 14.8 Å². The number of hydrogen-bond acceptors (Lipinski definition) is 3. The second kappa shape index (κ2) is 6.31. The van der Waals surface area contributed by atoms with Crippen LogP contribution in [0.2, 0.25) is 5.15 Å². The maximum absolute atomic E-state index is 11.9. The number of likely N-dealkylation sites (tertiary alicyclic amines) is 1. The van der Waals surface area contributed by atoms with Crippen LogP contribution in [0, 0.1) is 6.92 Å². The summed E-state index contributed by atoms with van der Waals surface area (Å²) in [6, 6.07) is 2.36. The third kappa shape index (κ3) is 3.33. The Kier molecular flexibility index (Phi) is 4.70. The predicted molar refractivity (Wildman–Crippen MR) is 81.3 cm³/mol. The van der Waals surface area contributed by atoms with E-state index in [1.807, 2.05) is 17.9 Å². The minimum absolute atomic E-state index is 0.0824. The van der Waals surface area contributed by atoms with Crippen LogP contribution < -0.4 is 5.32 Å². The lowest BCUT2D eigenvalue weighted by atomic mass is 10.0. The average Bonchev–Trinajstić information content (AvgIpc) is 2.43. The highest BCUT2D eigenvalue weighted by Gasteiger charge is 2.24. The summed E-state index contributed by atoms with van der Waals surface area (Å²) >= 11 is 6.12. The molecule has 2 rings (SSSR count). The zero-order valence-corrected chi connectivity index (χ0v) is 12.9. The zero-order valence-electron chi connectivity index (χ0n) is 12.2. The molecule has 1 N–H and O–H groups in total. The van der Waals surface area contributed by atoms with Crippen LogP contribution in [0.4, 0.5) is 10.5 Å². The maximum atomic E-state index is 11.9. The molecule has 0 aliphatic carbocycles. The molecule has 5 nitrogen and oxygen atoms in total. The molecule has 1 aliphatic heterocycles. The number of aryl methyl sites for hydroxylation is 1. The summed E-state index contributed by atoms with van der Waals surface area (Å²) in [4.78, 5) is 19.5. The topological polar surface area (TPSA) is 48.5 Å². The van der Waals surface area contributed by atoms with Crippen LogP contribution >= 0.6 is 11.6 Å². The first kappa shape index (κ1) is 14.9. The van der Waals surface area contributed by atoms with E-state index in [-0.39, 0.29) is 6.03 Å². The zero-order chi connectivity index (χ0) is 14.7. The summed E-state index contributed by atoms with van der Waals surface area (Å²) in [6.07, 6.45) is 3.55. The fourth-order valence-electron chi connectivity index (χ4n) is 2.40. The van der Waals surface area contributed by atoms with Gasteiger partial charge >= 0.3 is 6.03 Å². The van der Waals surface area contributed by atoms with E-state index in [1.54, 1.807) is 25.2 Å². The molecule has 20 heavy (non-hydrogen) atoms. The van der Waals surface area contributed by atoms with Gasteiger partial charge in [0.05, 0.1) is 5.69 Å². The quantitative estimate of drug-likeness (QED) is 0.854. The van der Waals surface area contributed by atoms with E-state index in [1.165, 1.54) is 0 Å². The van der Waals surface area contributed by atoms with Gasteiger partial charge in [0, 0.05) is 39.4 Å². The van der Waals surface area contributed by atoms with Crippen LogP contribution in [0.3, 0.4) is 0 Å². The van der Waals surface area contributed by atoms with Crippen molar-refractivity contribution >= 4 is 23.3 Å². The molecule has 2 amide bonds. The lowest BCUT2D eigenvalue weighted by Crippen LogP contribution is -2.46. The Labute approximate surface area is 124 Å². The number of rotatable bonds is 2. The Morgan fingerprint density at radius 1 is 1.45 bits per heavy atom. The number of anilines is 1. The summed E-state index contributed by atoms with van der Waals surface area (Å²) in [5.74, 6) is 0. The van der Waals surface area contributed by atoms with Gasteiger partial charge in [-0.25, -0.2) is 9.78 Å². The normalized spacial score (nSPS) is 16.1. The monoisotopic (exact) mass is 296 g/mol. The molecule has 0 aromatic carbocycles. The summed E-state index contributed by atoms with van der Waals surface area (Å²) in [5.41, 5.74) is 2.00. The molecule has 0 bridgehead atoms. The van der Waals surface area contributed by atoms with E-state index in [9.17, 15) is 4.79 Å². The van der Waals surface area contributed by atoms with Gasteiger partial charge in [0.25, 0.3) is 0 Å². The molecule has 1 fully saturated rings. The molecule has 0 radical (unpaired) electrons. The lowest BCUT2D eigenvalue weighted by molar-refractivity contribution is 0.158.